The molecule has 1 aromatic rings. The molecule has 0 saturated carbocycles. The lowest BCUT2D eigenvalue weighted by Crippen LogP contribution is -2.27. The molecule has 1 unspecified atom stereocenters. The maximum absolute atomic E-state index is 5.99. The van der Waals surface area contributed by atoms with Crippen LogP contribution in [0.2, 0.25) is 0 Å². The van der Waals surface area contributed by atoms with Gasteiger partial charge in [0, 0.05) is 19.6 Å². The highest BCUT2D eigenvalue weighted by atomic mass is 127. The summed E-state index contributed by atoms with van der Waals surface area (Å²) in [5.41, 5.74) is 6.84. The fourth-order valence-corrected chi connectivity index (χ4v) is 2.90. The van der Waals surface area contributed by atoms with Crippen molar-refractivity contribution in [2.45, 2.75) is 20.3 Å². The molecule has 3 N–H and O–H groups in total. The molecule has 0 bridgehead atoms. The van der Waals surface area contributed by atoms with Gasteiger partial charge in [-0.25, -0.2) is 0 Å². The van der Waals surface area contributed by atoms with Crippen LogP contribution < -0.4 is 15.8 Å². The number of hydrogen-bond acceptors (Lipinski definition) is 3. The van der Waals surface area contributed by atoms with Crippen LogP contribution >= 0.6 is 24.0 Å². The number of para-hydroxylation sites is 2. The first-order valence-electron chi connectivity index (χ1n) is 8.00. The molecule has 5 nitrogen and oxygen atoms in total. The van der Waals surface area contributed by atoms with Crippen molar-refractivity contribution in [1.29, 1.82) is 0 Å². The van der Waals surface area contributed by atoms with Gasteiger partial charge < -0.3 is 20.7 Å². The second-order valence-corrected chi connectivity index (χ2v) is 6.36. The number of halogens is 1. The number of methoxy groups -OCH3 is 1. The molecule has 0 radical (unpaired) electrons. The van der Waals surface area contributed by atoms with E-state index in [9.17, 15) is 0 Å². The molecule has 23 heavy (non-hydrogen) atoms. The number of nitrogens with two attached hydrogens (primary N) is 1. The largest absolute Gasteiger partial charge is 0.495 e. The minimum atomic E-state index is 0. The lowest BCUT2D eigenvalue weighted by molar-refractivity contribution is 0.288. The quantitative estimate of drug-likeness (QED) is 0.412. The summed E-state index contributed by atoms with van der Waals surface area (Å²) >= 11 is 0. The van der Waals surface area contributed by atoms with Crippen LogP contribution in [0.3, 0.4) is 0 Å². The Kier molecular flexibility index (Phi) is 8.68. The number of likely N-dealkylation sites (tertiary alicyclic amines) is 1. The van der Waals surface area contributed by atoms with Gasteiger partial charge in [0.25, 0.3) is 0 Å². The maximum Gasteiger partial charge on any atom is 0.193 e. The summed E-state index contributed by atoms with van der Waals surface area (Å²) in [4.78, 5) is 7.01. The number of benzene rings is 1. The van der Waals surface area contributed by atoms with E-state index in [0.717, 1.165) is 30.4 Å². The molecule has 1 aliphatic rings. The van der Waals surface area contributed by atoms with Gasteiger partial charge in [-0.2, -0.15) is 0 Å². The second-order valence-electron chi connectivity index (χ2n) is 6.36. The lowest BCUT2D eigenvalue weighted by atomic mass is 10.1. The van der Waals surface area contributed by atoms with E-state index in [4.69, 9.17) is 10.5 Å². The zero-order valence-electron chi connectivity index (χ0n) is 14.3. The van der Waals surface area contributed by atoms with E-state index in [1.807, 2.05) is 24.3 Å². The molecule has 6 heteroatoms. The van der Waals surface area contributed by atoms with E-state index in [1.165, 1.54) is 19.5 Å². The van der Waals surface area contributed by atoms with Gasteiger partial charge in [-0.1, -0.05) is 26.0 Å². The molecular formula is C17H29IN4O. The molecule has 1 aliphatic heterocycles. The van der Waals surface area contributed by atoms with E-state index in [0.29, 0.717) is 11.9 Å². The number of ether oxygens (including phenoxy) is 1. The highest BCUT2D eigenvalue weighted by Gasteiger charge is 2.22. The van der Waals surface area contributed by atoms with E-state index in [2.05, 4.69) is 29.1 Å². The van der Waals surface area contributed by atoms with Gasteiger partial charge in [-0.15, -0.1) is 24.0 Å². The van der Waals surface area contributed by atoms with Gasteiger partial charge in [0.15, 0.2) is 5.96 Å². The molecule has 130 valence electrons. The van der Waals surface area contributed by atoms with Gasteiger partial charge in [-0.3, -0.25) is 4.99 Å². The molecule has 1 heterocycles. The fraction of sp³-hybridized carbons (Fsp3) is 0.588. The van der Waals surface area contributed by atoms with E-state index < -0.39 is 0 Å². The van der Waals surface area contributed by atoms with Gasteiger partial charge in [0.05, 0.1) is 12.8 Å². The van der Waals surface area contributed by atoms with Crippen molar-refractivity contribution < 1.29 is 4.74 Å². The molecule has 1 aromatic carbocycles. The van der Waals surface area contributed by atoms with Gasteiger partial charge in [0.1, 0.15) is 5.75 Å². The first-order chi connectivity index (χ1) is 10.6. The first-order valence-corrected chi connectivity index (χ1v) is 8.00. The van der Waals surface area contributed by atoms with Crippen molar-refractivity contribution >= 4 is 35.6 Å². The van der Waals surface area contributed by atoms with Crippen molar-refractivity contribution in [2.24, 2.45) is 22.6 Å². The predicted octanol–water partition coefficient (Wildman–Crippen LogP) is 3.02. The Bertz CT molecular complexity index is 507. The lowest BCUT2D eigenvalue weighted by Gasteiger charge is -2.17. The van der Waals surface area contributed by atoms with E-state index in [1.54, 1.807) is 7.11 Å². The molecule has 2 rings (SSSR count). The number of rotatable bonds is 6. The third-order valence-electron chi connectivity index (χ3n) is 3.88. The van der Waals surface area contributed by atoms with Crippen molar-refractivity contribution in [2.75, 3.05) is 38.6 Å². The Hall–Kier alpha value is -1.02. The van der Waals surface area contributed by atoms with Crippen molar-refractivity contribution in [1.82, 2.24) is 4.90 Å². The van der Waals surface area contributed by atoms with Gasteiger partial charge in [0.2, 0.25) is 0 Å². The number of guanidine groups is 1. The molecule has 1 fully saturated rings. The fourth-order valence-electron chi connectivity index (χ4n) is 2.90. The van der Waals surface area contributed by atoms with Gasteiger partial charge in [-0.05, 0) is 36.9 Å². The molecule has 1 saturated heterocycles. The molecule has 0 aromatic heterocycles. The average molecular weight is 432 g/mol. The van der Waals surface area contributed by atoms with Crippen LogP contribution in [0.4, 0.5) is 5.69 Å². The predicted molar refractivity (Wildman–Crippen MR) is 108 cm³/mol. The van der Waals surface area contributed by atoms with E-state index in [-0.39, 0.29) is 24.0 Å². The summed E-state index contributed by atoms with van der Waals surface area (Å²) in [5, 5.41) is 3.12. The summed E-state index contributed by atoms with van der Waals surface area (Å²) in [6.45, 7) is 8.79. The zero-order valence-corrected chi connectivity index (χ0v) is 16.6. The van der Waals surface area contributed by atoms with Crippen molar-refractivity contribution in [3.8, 4) is 5.75 Å². The number of anilines is 1. The Labute approximate surface area is 156 Å². The Morgan fingerprint density at radius 3 is 2.87 bits per heavy atom. The first kappa shape index (κ1) is 20.0. The second kappa shape index (κ2) is 9.97. The Morgan fingerprint density at radius 1 is 1.43 bits per heavy atom. The van der Waals surface area contributed by atoms with Gasteiger partial charge >= 0.3 is 0 Å². The third-order valence-corrected chi connectivity index (χ3v) is 3.88. The highest BCUT2D eigenvalue weighted by molar-refractivity contribution is 14.0. The summed E-state index contributed by atoms with van der Waals surface area (Å²) in [5.74, 6) is 2.55. The topological polar surface area (TPSA) is 62.9 Å². The molecule has 0 aliphatic carbocycles. The summed E-state index contributed by atoms with van der Waals surface area (Å²) in [6, 6.07) is 7.70. The van der Waals surface area contributed by atoms with Crippen LogP contribution in [-0.2, 0) is 0 Å². The van der Waals surface area contributed by atoms with Crippen molar-refractivity contribution in [3.05, 3.63) is 24.3 Å². The van der Waals surface area contributed by atoms with Crippen LogP contribution in [0.1, 0.15) is 20.3 Å². The van der Waals surface area contributed by atoms with Crippen molar-refractivity contribution in [3.63, 3.8) is 0 Å². The minimum Gasteiger partial charge on any atom is -0.495 e. The SMILES string of the molecule is COc1ccccc1NC(N)=NCC1CCN(CC(C)C)C1.I. The van der Waals surface area contributed by atoms with Crippen LogP contribution in [-0.4, -0.2) is 44.1 Å². The number of nitrogens with zero attached hydrogens (tertiary/aromatic N) is 2. The molecular weight excluding hydrogens is 403 g/mol. The number of hydrogen-bond donors (Lipinski definition) is 2. The summed E-state index contributed by atoms with van der Waals surface area (Å²) in [7, 11) is 1.65. The highest BCUT2D eigenvalue weighted by Crippen LogP contribution is 2.23. The summed E-state index contributed by atoms with van der Waals surface area (Å²) < 4.78 is 5.30. The Morgan fingerprint density at radius 2 is 2.17 bits per heavy atom. The minimum absolute atomic E-state index is 0. The maximum atomic E-state index is 5.99. The smallest absolute Gasteiger partial charge is 0.193 e. The zero-order chi connectivity index (χ0) is 15.9. The van der Waals surface area contributed by atoms with E-state index >= 15 is 0 Å². The number of aliphatic imine (C=N–C) groups is 1. The standard InChI is InChI=1S/C17H28N4O.HI/c1-13(2)11-21-9-8-14(12-21)10-19-17(18)20-15-6-4-5-7-16(15)22-3;/h4-7,13-14H,8-12H2,1-3H3,(H3,18,19,20);1H. The summed E-state index contributed by atoms with van der Waals surface area (Å²) in [6.07, 6.45) is 1.21. The third kappa shape index (κ3) is 6.55. The molecule has 0 spiro atoms. The normalized spacial score (nSPS) is 18.8. The van der Waals surface area contributed by atoms with Crippen LogP contribution in [0.15, 0.2) is 29.3 Å². The molecule has 1 atom stereocenters. The monoisotopic (exact) mass is 432 g/mol. The van der Waals surface area contributed by atoms with Crippen LogP contribution in [0.5, 0.6) is 5.75 Å². The number of nitrogens with one attached hydrogen (secondary N) is 1. The molecule has 0 amide bonds. The Balaban J connectivity index is 0.00000264. The van der Waals surface area contributed by atoms with Crippen LogP contribution in [0.25, 0.3) is 0 Å². The van der Waals surface area contributed by atoms with Crippen LogP contribution in [0, 0.1) is 11.8 Å². The average Bonchev–Trinajstić information content (AvgIpc) is 2.92.